The van der Waals surface area contributed by atoms with Gasteiger partial charge < -0.3 is 16.0 Å². The van der Waals surface area contributed by atoms with Gasteiger partial charge in [0.1, 0.15) is 0 Å². The van der Waals surface area contributed by atoms with E-state index in [-0.39, 0.29) is 13.0 Å². The highest BCUT2D eigenvalue weighted by molar-refractivity contribution is 5.60. The minimum atomic E-state index is -4.09. The summed E-state index contributed by atoms with van der Waals surface area (Å²) in [7, 11) is 0. The molecule has 0 bridgehead atoms. The average Bonchev–Trinajstić information content (AvgIpc) is 3.05. The number of anilines is 2. The van der Waals surface area contributed by atoms with Gasteiger partial charge in [0, 0.05) is 37.1 Å². The van der Waals surface area contributed by atoms with Crippen molar-refractivity contribution in [2.24, 2.45) is 17.6 Å². The summed E-state index contributed by atoms with van der Waals surface area (Å²) in [5.41, 5.74) is 8.99. The second-order valence-corrected chi connectivity index (χ2v) is 7.63. The summed E-state index contributed by atoms with van der Waals surface area (Å²) in [5.74, 6) is -0.548. The van der Waals surface area contributed by atoms with Crippen molar-refractivity contribution in [2.75, 3.05) is 29.9 Å². The highest BCUT2D eigenvalue weighted by Gasteiger charge is 2.43. The molecule has 6 heteroatoms. The second-order valence-electron chi connectivity index (χ2n) is 7.63. The van der Waals surface area contributed by atoms with Gasteiger partial charge in [-0.25, -0.2) is 0 Å². The predicted molar refractivity (Wildman–Crippen MR) is 96.0 cm³/mol. The molecule has 25 heavy (non-hydrogen) atoms. The first-order valence-corrected chi connectivity index (χ1v) is 9.24. The molecule has 1 aromatic rings. The largest absolute Gasteiger partial charge is 0.393 e. The van der Waals surface area contributed by atoms with Gasteiger partial charge >= 0.3 is 6.18 Å². The number of nitrogens with one attached hydrogen (secondary N) is 1. The van der Waals surface area contributed by atoms with Crippen molar-refractivity contribution < 1.29 is 13.2 Å². The quantitative estimate of drug-likeness (QED) is 0.845. The lowest BCUT2D eigenvalue weighted by Crippen LogP contribution is -2.29. The zero-order valence-electron chi connectivity index (χ0n) is 14.8. The third-order valence-electron chi connectivity index (χ3n) is 5.70. The molecular weight excluding hydrogens is 327 g/mol. The topological polar surface area (TPSA) is 41.3 Å². The molecule has 0 amide bonds. The number of rotatable bonds is 4. The molecule has 0 spiro atoms. The lowest BCUT2D eigenvalue weighted by atomic mass is 9.86. The zero-order valence-corrected chi connectivity index (χ0v) is 14.8. The zero-order chi connectivity index (χ0) is 18.0. The first-order valence-electron chi connectivity index (χ1n) is 9.24. The maximum Gasteiger partial charge on any atom is 0.393 e. The maximum atomic E-state index is 12.9. The number of nitrogens with zero attached hydrogens (tertiary/aromatic N) is 1. The van der Waals surface area contributed by atoms with Crippen LogP contribution in [0.4, 0.5) is 24.5 Å². The molecule has 3 rings (SSSR count). The third kappa shape index (κ3) is 4.60. The summed E-state index contributed by atoms with van der Waals surface area (Å²) in [4.78, 5) is 1.84. The Morgan fingerprint density at radius 1 is 1.16 bits per heavy atom. The SMILES string of the molecule is Cc1cc(N2CCC(C(F)(F)F)C2)ccc1NCC1CCC(N)CC1. The van der Waals surface area contributed by atoms with Crippen LogP contribution in [0.1, 0.15) is 37.7 Å². The molecule has 0 aromatic heterocycles. The summed E-state index contributed by atoms with van der Waals surface area (Å²) in [6.45, 7) is 3.49. The summed E-state index contributed by atoms with van der Waals surface area (Å²) >= 11 is 0. The van der Waals surface area contributed by atoms with E-state index in [9.17, 15) is 13.2 Å². The molecule has 1 aromatic carbocycles. The third-order valence-corrected chi connectivity index (χ3v) is 5.70. The van der Waals surface area contributed by atoms with Gasteiger partial charge in [-0.15, -0.1) is 0 Å². The lowest BCUT2D eigenvalue weighted by molar-refractivity contribution is -0.168. The van der Waals surface area contributed by atoms with Crippen LogP contribution >= 0.6 is 0 Å². The molecule has 140 valence electrons. The number of hydrogen-bond acceptors (Lipinski definition) is 3. The Hall–Kier alpha value is -1.43. The van der Waals surface area contributed by atoms with E-state index in [4.69, 9.17) is 5.73 Å². The van der Waals surface area contributed by atoms with Crippen molar-refractivity contribution in [3.8, 4) is 0 Å². The van der Waals surface area contributed by atoms with Crippen LogP contribution in [0, 0.1) is 18.8 Å². The van der Waals surface area contributed by atoms with Crippen molar-refractivity contribution in [3.63, 3.8) is 0 Å². The van der Waals surface area contributed by atoms with Crippen molar-refractivity contribution in [1.29, 1.82) is 0 Å². The van der Waals surface area contributed by atoms with Crippen molar-refractivity contribution in [3.05, 3.63) is 23.8 Å². The first-order chi connectivity index (χ1) is 11.8. The summed E-state index contributed by atoms with van der Waals surface area (Å²) in [5, 5.41) is 3.51. The monoisotopic (exact) mass is 355 g/mol. The van der Waals surface area contributed by atoms with Crippen LogP contribution in [0.5, 0.6) is 0 Å². The number of aryl methyl sites for hydroxylation is 1. The van der Waals surface area contributed by atoms with E-state index in [0.29, 0.717) is 18.5 Å². The van der Waals surface area contributed by atoms with Gasteiger partial charge in [-0.1, -0.05) is 0 Å². The summed E-state index contributed by atoms with van der Waals surface area (Å²) < 4.78 is 38.6. The Morgan fingerprint density at radius 2 is 1.88 bits per heavy atom. The highest BCUT2D eigenvalue weighted by atomic mass is 19.4. The maximum absolute atomic E-state index is 12.9. The normalized spacial score (nSPS) is 27.6. The Balaban J connectivity index is 1.56. The van der Waals surface area contributed by atoms with Crippen LogP contribution in [0.3, 0.4) is 0 Å². The fraction of sp³-hybridized carbons (Fsp3) is 0.684. The van der Waals surface area contributed by atoms with Crippen LogP contribution in [0.2, 0.25) is 0 Å². The Morgan fingerprint density at radius 3 is 2.48 bits per heavy atom. The van der Waals surface area contributed by atoms with E-state index >= 15 is 0 Å². The minimum Gasteiger partial charge on any atom is -0.385 e. The molecule has 1 saturated heterocycles. The van der Waals surface area contributed by atoms with Gasteiger partial charge in [0.25, 0.3) is 0 Å². The van der Waals surface area contributed by atoms with Crippen molar-refractivity contribution >= 4 is 11.4 Å². The average molecular weight is 355 g/mol. The Kier molecular flexibility index (Phi) is 5.46. The minimum absolute atomic E-state index is 0.0675. The smallest absolute Gasteiger partial charge is 0.385 e. The van der Waals surface area contributed by atoms with E-state index in [1.54, 1.807) is 0 Å². The lowest BCUT2D eigenvalue weighted by Gasteiger charge is -2.27. The molecule has 1 aliphatic carbocycles. The first kappa shape index (κ1) is 18.4. The summed E-state index contributed by atoms with van der Waals surface area (Å²) in [6.07, 6.45) is 0.620. The van der Waals surface area contributed by atoms with Gasteiger partial charge in [0.05, 0.1) is 5.92 Å². The van der Waals surface area contributed by atoms with E-state index in [1.807, 2.05) is 30.0 Å². The molecule has 2 fully saturated rings. The Bertz CT molecular complexity index is 580. The van der Waals surface area contributed by atoms with Gasteiger partial charge in [0.2, 0.25) is 0 Å². The molecule has 1 saturated carbocycles. The molecule has 1 unspecified atom stereocenters. The summed E-state index contributed by atoms with van der Waals surface area (Å²) in [6, 6.07) is 6.29. The predicted octanol–water partition coefficient (Wildman–Crippen LogP) is 4.31. The van der Waals surface area contributed by atoms with Gasteiger partial charge in [-0.3, -0.25) is 0 Å². The number of alkyl halides is 3. The highest BCUT2D eigenvalue weighted by Crippen LogP contribution is 2.36. The van der Waals surface area contributed by atoms with Crippen LogP contribution in [-0.4, -0.2) is 31.9 Å². The molecular formula is C19H28F3N3. The van der Waals surface area contributed by atoms with Crippen LogP contribution < -0.4 is 16.0 Å². The number of halogens is 3. The number of nitrogens with two attached hydrogens (primary N) is 1. The van der Waals surface area contributed by atoms with Gasteiger partial charge in [0.15, 0.2) is 0 Å². The van der Waals surface area contributed by atoms with Crippen LogP contribution in [0.25, 0.3) is 0 Å². The fourth-order valence-corrected chi connectivity index (χ4v) is 3.95. The van der Waals surface area contributed by atoms with Crippen molar-refractivity contribution in [1.82, 2.24) is 0 Å². The molecule has 0 radical (unpaired) electrons. The van der Waals surface area contributed by atoms with E-state index in [0.717, 1.165) is 49.2 Å². The van der Waals surface area contributed by atoms with E-state index < -0.39 is 12.1 Å². The Labute approximate surface area is 147 Å². The molecule has 3 nitrogen and oxygen atoms in total. The molecule has 1 aliphatic heterocycles. The molecule has 3 N–H and O–H groups in total. The standard InChI is InChI=1S/C19H28F3N3/c1-13-10-17(25-9-8-15(12-25)19(20,21)22)6-7-18(13)24-11-14-2-4-16(23)5-3-14/h6-7,10,14-16,24H,2-5,8-9,11-12,23H2,1H3. The number of benzene rings is 1. The molecule has 1 heterocycles. The second kappa shape index (κ2) is 7.44. The number of hydrogen-bond donors (Lipinski definition) is 2. The molecule has 2 aliphatic rings. The van der Waals surface area contributed by atoms with Gasteiger partial charge in [-0.05, 0) is 68.7 Å². The van der Waals surface area contributed by atoms with E-state index in [1.165, 1.54) is 0 Å². The van der Waals surface area contributed by atoms with Crippen LogP contribution in [-0.2, 0) is 0 Å². The van der Waals surface area contributed by atoms with E-state index in [2.05, 4.69) is 5.32 Å². The van der Waals surface area contributed by atoms with Crippen LogP contribution in [0.15, 0.2) is 18.2 Å². The van der Waals surface area contributed by atoms with Crippen molar-refractivity contribution in [2.45, 2.75) is 51.2 Å². The van der Waals surface area contributed by atoms with Gasteiger partial charge in [-0.2, -0.15) is 13.2 Å². The molecule has 1 atom stereocenters. The fourth-order valence-electron chi connectivity index (χ4n) is 3.95.